The normalized spacial score (nSPS) is 23.7. The molecular formula is C19H20ClN3O2S. The molecule has 136 valence electrons. The molecule has 4 rings (SSSR count). The van der Waals surface area contributed by atoms with Crippen LogP contribution in [-0.4, -0.2) is 53.3 Å². The number of carbonyl (C=O) groups is 2. The number of fused-ring (bicyclic) bond motifs is 1. The fourth-order valence-corrected chi connectivity index (χ4v) is 4.78. The summed E-state index contributed by atoms with van der Waals surface area (Å²) < 4.78 is 0.771. The molecule has 2 aromatic rings. The Hall–Kier alpha value is -1.89. The Bertz CT molecular complexity index is 810. The minimum absolute atomic E-state index is 0.0253. The predicted octanol–water partition coefficient (Wildman–Crippen LogP) is 2.16. The first-order valence-electron chi connectivity index (χ1n) is 8.71. The number of carbonyl (C=O) groups excluding carboxylic acids is 2. The van der Waals surface area contributed by atoms with Crippen LogP contribution in [-0.2, 0) is 22.6 Å². The molecule has 2 aliphatic heterocycles. The van der Waals surface area contributed by atoms with Gasteiger partial charge < -0.3 is 10.2 Å². The maximum Gasteiger partial charge on any atom is 0.246 e. The maximum absolute atomic E-state index is 12.9. The molecule has 2 aliphatic rings. The first-order valence-corrected chi connectivity index (χ1v) is 9.91. The molecule has 7 heteroatoms. The van der Waals surface area contributed by atoms with Crippen LogP contribution in [0.15, 0.2) is 42.5 Å². The van der Waals surface area contributed by atoms with Crippen molar-refractivity contribution in [3.05, 3.63) is 57.2 Å². The lowest BCUT2D eigenvalue weighted by atomic mass is 9.98. The molecule has 26 heavy (non-hydrogen) atoms. The van der Waals surface area contributed by atoms with E-state index in [4.69, 9.17) is 11.6 Å². The summed E-state index contributed by atoms with van der Waals surface area (Å²) in [4.78, 5) is 30.6. The van der Waals surface area contributed by atoms with Gasteiger partial charge in [0.15, 0.2) is 0 Å². The average molecular weight is 390 g/mol. The molecule has 0 saturated carbocycles. The lowest BCUT2D eigenvalue weighted by Gasteiger charge is -2.45. The van der Waals surface area contributed by atoms with E-state index in [0.29, 0.717) is 19.5 Å². The number of thiophene rings is 1. The Morgan fingerprint density at radius 1 is 1.12 bits per heavy atom. The summed E-state index contributed by atoms with van der Waals surface area (Å²) in [6, 6.07) is 12.8. The summed E-state index contributed by atoms with van der Waals surface area (Å²) in [5, 5.41) is 2.93. The van der Waals surface area contributed by atoms with Crippen LogP contribution in [0.25, 0.3) is 0 Å². The van der Waals surface area contributed by atoms with E-state index in [1.165, 1.54) is 4.88 Å². The lowest BCUT2D eigenvalue weighted by molar-refractivity contribution is -0.153. The zero-order chi connectivity index (χ0) is 18.1. The highest BCUT2D eigenvalue weighted by Crippen LogP contribution is 2.25. The van der Waals surface area contributed by atoms with Gasteiger partial charge >= 0.3 is 0 Å². The molecule has 2 fully saturated rings. The minimum atomic E-state index is -0.469. The number of halogens is 1. The van der Waals surface area contributed by atoms with Crippen molar-refractivity contribution in [2.45, 2.75) is 25.0 Å². The van der Waals surface area contributed by atoms with Crippen LogP contribution in [0, 0.1) is 0 Å². The molecule has 1 aromatic heterocycles. The van der Waals surface area contributed by atoms with Gasteiger partial charge in [-0.05, 0) is 17.7 Å². The van der Waals surface area contributed by atoms with Crippen molar-refractivity contribution in [3.8, 4) is 0 Å². The summed E-state index contributed by atoms with van der Waals surface area (Å²) >= 11 is 7.55. The number of hydrogen-bond acceptors (Lipinski definition) is 4. The van der Waals surface area contributed by atoms with E-state index >= 15 is 0 Å². The van der Waals surface area contributed by atoms with Gasteiger partial charge in [0.05, 0.1) is 4.34 Å². The fourth-order valence-electron chi connectivity index (χ4n) is 3.65. The van der Waals surface area contributed by atoms with E-state index < -0.39 is 12.1 Å². The summed E-state index contributed by atoms with van der Waals surface area (Å²) in [6.45, 7) is 2.67. The monoisotopic (exact) mass is 389 g/mol. The van der Waals surface area contributed by atoms with Crippen molar-refractivity contribution in [1.29, 1.82) is 0 Å². The Labute approximate surface area is 161 Å². The molecule has 0 radical (unpaired) electrons. The summed E-state index contributed by atoms with van der Waals surface area (Å²) in [5.74, 6) is -0.0308. The Morgan fingerprint density at radius 3 is 2.65 bits per heavy atom. The van der Waals surface area contributed by atoms with E-state index in [9.17, 15) is 9.59 Å². The summed E-state index contributed by atoms with van der Waals surface area (Å²) in [6.07, 6.45) is 0.534. The smallest absolute Gasteiger partial charge is 0.246 e. The molecule has 2 saturated heterocycles. The van der Waals surface area contributed by atoms with E-state index in [2.05, 4.69) is 10.2 Å². The molecular weight excluding hydrogens is 370 g/mol. The molecule has 3 heterocycles. The Balaban J connectivity index is 1.42. The predicted molar refractivity (Wildman–Crippen MR) is 102 cm³/mol. The number of nitrogens with one attached hydrogen (secondary N) is 1. The number of benzene rings is 1. The van der Waals surface area contributed by atoms with Crippen LogP contribution in [0.4, 0.5) is 0 Å². The second kappa shape index (κ2) is 7.39. The van der Waals surface area contributed by atoms with Gasteiger partial charge in [-0.25, -0.2) is 0 Å². The van der Waals surface area contributed by atoms with E-state index in [1.807, 2.05) is 42.5 Å². The van der Waals surface area contributed by atoms with Crippen LogP contribution in [0.2, 0.25) is 4.34 Å². The van der Waals surface area contributed by atoms with Gasteiger partial charge in [0.25, 0.3) is 0 Å². The van der Waals surface area contributed by atoms with Crippen LogP contribution in [0.5, 0.6) is 0 Å². The molecule has 5 nitrogen and oxygen atoms in total. The molecule has 1 N–H and O–H groups in total. The van der Waals surface area contributed by atoms with E-state index in [0.717, 1.165) is 23.0 Å². The number of hydrogen-bond donors (Lipinski definition) is 1. The van der Waals surface area contributed by atoms with Gasteiger partial charge in [-0.1, -0.05) is 41.9 Å². The standard InChI is InChI=1S/C19H20ClN3O2S/c20-17-7-6-14(26-17)11-22-8-9-23-16(12-22)18(24)21-15(19(23)25)10-13-4-2-1-3-5-13/h1-7,15-16H,8-12H2,(H,21,24)/t15-,16+/m0/s1. The van der Waals surface area contributed by atoms with Gasteiger partial charge in [0.2, 0.25) is 11.8 Å². The largest absolute Gasteiger partial charge is 0.342 e. The maximum atomic E-state index is 12.9. The highest BCUT2D eigenvalue weighted by Gasteiger charge is 2.43. The first kappa shape index (κ1) is 17.5. The topological polar surface area (TPSA) is 52.7 Å². The van der Waals surface area contributed by atoms with E-state index in [-0.39, 0.29) is 11.8 Å². The fraction of sp³-hybridized carbons (Fsp3) is 0.368. The van der Waals surface area contributed by atoms with Crippen LogP contribution in [0.3, 0.4) is 0 Å². The van der Waals surface area contributed by atoms with Crippen LogP contribution < -0.4 is 5.32 Å². The van der Waals surface area contributed by atoms with Gasteiger partial charge in [0, 0.05) is 37.5 Å². The summed E-state index contributed by atoms with van der Waals surface area (Å²) in [7, 11) is 0. The van der Waals surface area contributed by atoms with Crippen molar-refractivity contribution >= 4 is 34.8 Å². The third-order valence-electron chi connectivity index (χ3n) is 4.96. The molecule has 0 spiro atoms. The SMILES string of the molecule is O=C1N[C@@H](Cc2ccccc2)C(=O)N2CCN(Cc3ccc(Cl)s3)C[C@H]12. The van der Waals surface area contributed by atoms with Gasteiger partial charge in [-0.2, -0.15) is 0 Å². The highest BCUT2D eigenvalue weighted by molar-refractivity contribution is 7.16. The summed E-state index contributed by atoms with van der Waals surface area (Å²) in [5.41, 5.74) is 1.05. The third kappa shape index (κ3) is 3.63. The molecule has 2 amide bonds. The molecule has 0 aliphatic carbocycles. The second-order valence-electron chi connectivity index (χ2n) is 6.74. The van der Waals surface area contributed by atoms with E-state index in [1.54, 1.807) is 16.2 Å². The molecule has 1 aromatic carbocycles. The van der Waals surface area contributed by atoms with Crippen LogP contribution in [0.1, 0.15) is 10.4 Å². The Kier molecular flexibility index (Phi) is 4.98. The molecule has 2 atom stereocenters. The molecule has 0 unspecified atom stereocenters. The van der Waals surface area contributed by atoms with Crippen molar-refractivity contribution < 1.29 is 9.59 Å². The van der Waals surface area contributed by atoms with Crippen molar-refractivity contribution in [3.63, 3.8) is 0 Å². The quantitative estimate of drug-likeness (QED) is 0.871. The number of rotatable bonds is 4. The zero-order valence-electron chi connectivity index (χ0n) is 14.2. The number of amides is 2. The van der Waals surface area contributed by atoms with Crippen molar-refractivity contribution in [2.75, 3.05) is 19.6 Å². The van der Waals surface area contributed by atoms with Crippen LogP contribution >= 0.6 is 22.9 Å². The second-order valence-corrected chi connectivity index (χ2v) is 8.54. The van der Waals surface area contributed by atoms with Crippen molar-refractivity contribution in [1.82, 2.24) is 15.1 Å². The van der Waals surface area contributed by atoms with Crippen molar-refractivity contribution in [2.24, 2.45) is 0 Å². The average Bonchev–Trinajstić information content (AvgIpc) is 3.05. The minimum Gasteiger partial charge on any atom is -0.342 e. The number of piperazine rings is 2. The third-order valence-corrected chi connectivity index (χ3v) is 6.17. The number of nitrogens with zero attached hydrogens (tertiary/aromatic N) is 2. The van der Waals surface area contributed by atoms with Gasteiger partial charge in [-0.15, -0.1) is 11.3 Å². The molecule has 0 bridgehead atoms. The van der Waals surface area contributed by atoms with Gasteiger partial charge in [0.1, 0.15) is 12.1 Å². The van der Waals surface area contributed by atoms with Gasteiger partial charge in [-0.3, -0.25) is 14.5 Å². The lowest BCUT2D eigenvalue weighted by Crippen LogP contribution is -2.69. The first-order chi connectivity index (χ1) is 12.6. The highest BCUT2D eigenvalue weighted by atomic mass is 35.5. The Morgan fingerprint density at radius 2 is 1.92 bits per heavy atom. The zero-order valence-corrected chi connectivity index (χ0v) is 15.8.